The predicted octanol–water partition coefficient (Wildman–Crippen LogP) is 2.07. The lowest BCUT2D eigenvalue weighted by Gasteiger charge is -2.20. The van der Waals surface area contributed by atoms with Crippen LogP contribution in [0.5, 0.6) is 0 Å². The van der Waals surface area contributed by atoms with E-state index in [1.807, 2.05) is 19.1 Å². The zero-order valence-electron chi connectivity index (χ0n) is 12.0. The Bertz CT molecular complexity index is 509. The van der Waals surface area contributed by atoms with E-state index in [1.165, 1.54) is 0 Å². The average Bonchev–Trinajstić information content (AvgIpc) is 2.34. The van der Waals surface area contributed by atoms with E-state index < -0.39 is 0 Å². The second-order valence-corrected chi connectivity index (χ2v) is 5.09. The van der Waals surface area contributed by atoms with Gasteiger partial charge in [-0.1, -0.05) is 31.8 Å². The number of benzene rings is 1. The summed E-state index contributed by atoms with van der Waals surface area (Å²) < 4.78 is 0. The third-order valence-electron chi connectivity index (χ3n) is 2.69. The molecule has 0 aliphatic carbocycles. The number of hydrogen-bond acceptors (Lipinski definition) is 2. The molecule has 0 aliphatic heterocycles. The Hall–Kier alpha value is -1.79. The van der Waals surface area contributed by atoms with Gasteiger partial charge in [0.2, 0.25) is 0 Å². The second kappa shape index (κ2) is 6.96. The molecule has 0 radical (unpaired) electrons. The number of aliphatic hydroxyl groups excluding tert-OH is 1. The number of aryl methyl sites for hydroxylation is 1. The van der Waals surface area contributed by atoms with E-state index in [9.17, 15) is 4.79 Å². The van der Waals surface area contributed by atoms with Crippen molar-refractivity contribution >= 4 is 5.91 Å². The Labute approximate surface area is 115 Å². The molecule has 0 aliphatic rings. The summed E-state index contributed by atoms with van der Waals surface area (Å²) in [6.45, 7) is 6.61. The molecule has 1 aromatic carbocycles. The zero-order chi connectivity index (χ0) is 14.4. The highest BCUT2D eigenvalue weighted by molar-refractivity contribution is 5.96. The highest BCUT2D eigenvalue weighted by Gasteiger charge is 2.15. The lowest BCUT2D eigenvalue weighted by molar-refractivity contribution is 0.0779. The Balaban J connectivity index is 3.08. The fourth-order valence-electron chi connectivity index (χ4n) is 1.92. The first-order valence-electron chi connectivity index (χ1n) is 6.41. The van der Waals surface area contributed by atoms with Gasteiger partial charge >= 0.3 is 0 Å². The Kier molecular flexibility index (Phi) is 5.59. The van der Waals surface area contributed by atoms with Gasteiger partial charge in [0, 0.05) is 19.2 Å². The first-order chi connectivity index (χ1) is 8.95. The maximum atomic E-state index is 12.4. The van der Waals surface area contributed by atoms with Crippen molar-refractivity contribution in [3.63, 3.8) is 0 Å². The maximum absolute atomic E-state index is 12.4. The van der Waals surface area contributed by atoms with E-state index >= 15 is 0 Å². The summed E-state index contributed by atoms with van der Waals surface area (Å²) >= 11 is 0. The Morgan fingerprint density at radius 3 is 2.68 bits per heavy atom. The van der Waals surface area contributed by atoms with E-state index in [0.29, 0.717) is 23.6 Å². The number of hydrogen-bond donors (Lipinski definition) is 1. The van der Waals surface area contributed by atoms with Gasteiger partial charge in [0.1, 0.15) is 6.61 Å². The molecule has 1 amide bonds. The summed E-state index contributed by atoms with van der Waals surface area (Å²) in [5.41, 5.74) is 2.31. The van der Waals surface area contributed by atoms with Crippen LogP contribution in [0.1, 0.15) is 35.3 Å². The Morgan fingerprint density at radius 2 is 2.11 bits per heavy atom. The molecule has 3 nitrogen and oxygen atoms in total. The summed E-state index contributed by atoms with van der Waals surface area (Å²) in [7, 11) is 1.80. The zero-order valence-corrected chi connectivity index (χ0v) is 12.0. The van der Waals surface area contributed by atoms with Crippen LogP contribution in [0.3, 0.4) is 0 Å². The monoisotopic (exact) mass is 259 g/mol. The summed E-state index contributed by atoms with van der Waals surface area (Å²) in [4.78, 5) is 14.1. The molecule has 0 atom stereocenters. The number of carbonyl (C=O) groups excluding carboxylic acids is 1. The van der Waals surface area contributed by atoms with E-state index in [0.717, 1.165) is 5.56 Å². The molecule has 0 saturated carbocycles. The smallest absolute Gasteiger partial charge is 0.254 e. The number of carbonyl (C=O) groups is 1. The van der Waals surface area contributed by atoms with Gasteiger partial charge in [-0.2, -0.15) is 0 Å². The van der Waals surface area contributed by atoms with Gasteiger partial charge in [0.05, 0.1) is 5.56 Å². The summed E-state index contributed by atoms with van der Waals surface area (Å²) in [6, 6.07) is 5.58. The van der Waals surface area contributed by atoms with Gasteiger partial charge in [0.25, 0.3) is 5.91 Å². The van der Waals surface area contributed by atoms with Crippen LogP contribution in [0, 0.1) is 24.7 Å². The van der Waals surface area contributed by atoms with E-state index in [-0.39, 0.29) is 12.5 Å². The minimum atomic E-state index is -0.205. The fourth-order valence-corrected chi connectivity index (χ4v) is 1.92. The molecule has 19 heavy (non-hydrogen) atoms. The Morgan fingerprint density at radius 1 is 1.42 bits per heavy atom. The molecule has 0 bridgehead atoms. The van der Waals surface area contributed by atoms with Crippen molar-refractivity contribution in [2.24, 2.45) is 5.92 Å². The van der Waals surface area contributed by atoms with Crippen molar-refractivity contribution in [1.29, 1.82) is 0 Å². The lowest BCUT2D eigenvalue weighted by Crippen LogP contribution is -2.30. The predicted molar refractivity (Wildman–Crippen MR) is 76.9 cm³/mol. The molecule has 3 heteroatoms. The van der Waals surface area contributed by atoms with Gasteiger partial charge in [-0.05, 0) is 30.5 Å². The summed E-state index contributed by atoms with van der Waals surface area (Å²) in [6.07, 6.45) is 0. The largest absolute Gasteiger partial charge is 0.384 e. The van der Waals surface area contributed by atoms with Crippen LogP contribution in [0.4, 0.5) is 0 Å². The summed E-state index contributed by atoms with van der Waals surface area (Å²) in [5, 5.41) is 8.79. The molecular weight excluding hydrogens is 238 g/mol. The second-order valence-electron chi connectivity index (χ2n) is 5.09. The van der Waals surface area contributed by atoms with Crippen molar-refractivity contribution in [3.05, 3.63) is 34.9 Å². The van der Waals surface area contributed by atoms with Crippen LogP contribution in [-0.2, 0) is 0 Å². The van der Waals surface area contributed by atoms with Gasteiger partial charge in [-0.25, -0.2) is 0 Å². The first kappa shape index (κ1) is 15.3. The molecule has 0 saturated heterocycles. The van der Waals surface area contributed by atoms with Crippen LogP contribution >= 0.6 is 0 Å². The highest BCUT2D eigenvalue weighted by atomic mass is 16.2. The third kappa shape index (κ3) is 4.42. The van der Waals surface area contributed by atoms with Crippen molar-refractivity contribution in [3.8, 4) is 11.8 Å². The fraction of sp³-hybridized carbons (Fsp3) is 0.438. The van der Waals surface area contributed by atoms with Crippen LogP contribution in [0.2, 0.25) is 0 Å². The number of amides is 1. The quantitative estimate of drug-likeness (QED) is 0.844. The minimum Gasteiger partial charge on any atom is -0.384 e. The molecule has 1 N–H and O–H groups in total. The van der Waals surface area contributed by atoms with E-state index in [4.69, 9.17) is 5.11 Å². The molecular formula is C16H21NO2. The highest BCUT2D eigenvalue weighted by Crippen LogP contribution is 2.13. The third-order valence-corrected chi connectivity index (χ3v) is 2.69. The number of aliphatic hydroxyl groups is 1. The SMILES string of the molecule is Cc1ccc(C(=O)N(C)CC(C)C)c(C#CCO)c1. The van der Waals surface area contributed by atoms with Crippen LogP contribution in [0.15, 0.2) is 18.2 Å². The standard InChI is InChI=1S/C16H21NO2/c1-12(2)11-17(4)16(19)15-8-7-13(3)10-14(15)6-5-9-18/h7-8,10,12,18H,9,11H2,1-4H3. The topological polar surface area (TPSA) is 40.5 Å². The molecule has 0 spiro atoms. The molecule has 1 rings (SSSR count). The lowest BCUT2D eigenvalue weighted by atomic mass is 10.0. The number of rotatable bonds is 3. The first-order valence-corrected chi connectivity index (χ1v) is 6.41. The molecule has 102 valence electrons. The van der Waals surface area contributed by atoms with Gasteiger partial charge in [0.15, 0.2) is 0 Å². The van der Waals surface area contributed by atoms with Crippen LogP contribution < -0.4 is 0 Å². The molecule has 0 aromatic heterocycles. The minimum absolute atomic E-state index is 0.0315. The van der Waals surface area contributed by atoms with Crippen molar-refractivity contribution in [1.82, 2.24) is 4.90 Å². The molecule has 0 fully saturated rings. The van der Waals surface area contributed by atoms with Crippen molar-refractivity contribution in [2.75, 3.05) is 20.2 Å². The molecule has 1 aromatic rings. The van der Waals surface area contributed by atoms with Crippen LogP contribution in [-0.4, -0.2) is 36.1 Å². The normalized spacial score (nSPS) is 10.0. The van der Waals surface area contributed by atoms with Crippen LogP contribution in [0.25, 0.3) is 0 Å². The van der Waals surface area contributed by atoms with Gasteiger partial charge in [-0.3, -0.25) is 4.79 Å². The molecule has 0 unspecified atom stereocenters. The van der Waals surface area contributed by atoms with Gasteiger partial charge in [-0.15, -0.1) is 0 Å². The van der Waals surface area contributed by atoms with E-state index in [2.05, 4.69) is 25.7 Å². The van der Waals surface area contributed by atoms with Crippen molar-refractivity contribution in [2.45, 2.75) is 20.8 Å². The van der Waals surface area contributed by atoms with Gasteiger partial charge < -0.3 is 10.0 Å². The van der Waals surface area contributed by atoms with Crippen molar-refractivity contribution < 1.29 is 9.90 Å². The number of nitrogens with zero attached hydrogens (tertiary/aromatic N) is 1. The van der Waals surface area contributed by atoms with E-state index in [1.54, 1.807) is 18.0 Å². The summed E-state index contributed by atoms with van der Waals surface area (Å²) in [5.74, 6) is 5.84. The maximum Gasteiger partial charge on any atom is 0.254 e. The average molecular weight is 259 g/mol. The molecule has 0 heterocycles.